The zero-order chi connectivity index (χ0) is 14.3. The van der Waals surface area contributed by atoms with Crippen LogP contribution in [-0.2, 0) is 9.53 Å². The number of amides is 2. The van der Waals surface area contributed by atoms with Crippen LogP contribution in [0.2, 0.25) is 0 Å². The van der Waals surface area contributed by atoms with Crippen LogP contribution in [0.3, 0.4) is 0 Å². The molecule has 1 unspecified atom stereocenters. The Kier molecular flexibility index (Phi) is 5.81. The van der Waals surface area contributed by atoms with E-state index in [2.05, 4.69) is 20.7 Å². The van der Waals surface area contributed by atoms with Crippen LogP contribution in [-0.4, -0.2) is 32.7 Å². The molecule has 0 saturated heterocycles. The molecule has 6 heteroatoms. The highest BCUT2D eigenvalue weighted by Gasteiger charge is 2.06. The summed E-state index contributed by atoms with van der Waals surface area (Å²) in [5, 5.41) is 8.15. The molecule has 3 N–H and O–H groups in total. The molecule has 1 atom stereocenters. The van der Waals surface area contributed by atoms with Crippen molar-refractivity contribution in [1.82, 2.24) is 10.6 Å². The van der Waals surface area contributed by atoms with Gasteiger partial charge in [0.2, 0.25) is 0 Å². The van der Waals surface area contributed by atoms with Crippen molar-refractivity contribution in [3.63, 3.8) is 0 Å². The van der Waals surface area contributed by atoms with E-state index < -0.39 is 12.0 Å². The largest absolute Gasteiger partial charge is 0.468 e. The van der Waals surface area contributed by atoms with Gasteiger partial charge in [-0.2, -0.15) is 0 Å². The molecule has 19 heavy (non-hydrogen) atoms. The molecule has 0 aromatic heterocycles. The lowest BCUT2D eigenvalue weighted by atomic mass is 10.1. The van der Waals surface area contributed by atoms with E-state index in [0.717, 1.165) is 5.56 Å². The van der Waals surface area contributed by atoms with Gasteiger partial charge in [0, 0.05) is 11.7 Å². The highest BCUT2D eigenvalue weighted by Crippen LogP contribution is 2.15. The van der Waals surface area contributed by atoms with Gasteiger partial charge in [-0.15, -0.1) is 0 Å². The van der Waals surface area contributed by atoms with Crippen LogP contribution in [0.1, 0.15) is 18.5 Å². The minimum Gasteiger partial charge on any atom is -0.468 e. The SMILES string of the molecule is CNC(C)c1ccc(NC(=O)NCC(=O)OC)cc1. The second kappa shape index (κ2) is 7.38. The third kappa shape index (κ3) is 4.97. The number of nitrogens with one attached hydrogen (secondary N) is 3. The van der Waals surface area contributed by atoms with Gasteiger partial charge in [0.25, 0.3) is 0 Å². The Bertz CT molecular complexity index is 431. The third-order valence-corrected chi connectivity index (χ3v) is 2.72. The Morgan fingerprint density at radius 2 is 1.89 bits per heavy atom. The highest BCUT2D eigenvalue weighted by atomic mass is 16.5. The van der Waals surface area contributed by atoms with Crippen LogP contribution in [0.4, 0.5) is 10.5 Å². The Labute approximate surface area is 112 Å². The summed E-state index contributed by atoms with van der Waals surface area (Å²) in [6.07, 6.45) is 0. The minimum atomic E-state index is -0.492. The fraction of sp³-hybridized carbons (Fsp3) is 0.385. The molecule has 1 aromatic carbocycles. The molecule has 0 fully saturated rings. The molecule has 2 amide bonds. The molecule has 0 aliphatic heterocycles. The second-order valence-electron chi connectivity index (χ2n) is 4.02. The maximum Gasteiger partial charge on any atom is 0.325 e. The van der Waals surface area contributed by atoms with Gasteiger partial charge in [0.05, 0.1) is 7.11 Å². The van der Waals surface area contributed by atoms with Crippen LogP contribution < -0.4 is 16.0 Å². The first-order valence-corrected chi connectivity index (χ1v) is 5.95. The van der Waals surface area contributed by atoms with Crippen molar-refractivity contribution in [2.75, 3.05) is 26.0 Å². The monoisotopic (exact) mass is 265 g/mol. The van der Waals surface area contributed by atoms with E-state index in [-0.39, 0.29) is 12.6 Å². The molecule has 6 nitrogen and oxygen atoms in total. The Morgan fingerprint density at radius 3 is 2.42 bits per heavy atom. The Balaban J connectivity index is 2.49. The van der Waals surface area contributed by atoms with Crippen molar-refractivity contribution in [1.29, 1.82) is 0 Å². The molecule has 0 aliphatic rings. The number of methoxy groups -OCH3 is 1. The molecule has 0 bridgehead atoms. The van der Waals surface area contributed by atoms with Gasteiger partial charge in [-0.05, 0) is 31.7 Å². The number of urea groups is 1. The van der Waals surface area contributed by atoms with Crippen molar-refractivity contribution >= 4 is 17.7 Å². The number of ether oxygens (including phenoxy) is 1. The first-order chi connectivity index (χ1) is 9.06. The topological polar surface area (TPSA) is 79.5 Å². The van der Waals surface area contributed by atoms with Crippen molar-refractivity contribution in [2.45, 2.75) is 13.0 Å². The van der Waals surface area contributed by atoms with Crippen molar-refractivity contribution in [2.24, 2.45) is 0 Å². The minimum absolute atomic E-state index is 0.156. The lowest BCUT2D eigenvalue weighted by Gasteiger charge is -2.11. The molecule has 0 spiro atoms. The van der Waals surface area contributed by atoms with Crippen molar-refractivity contribution < 1.29 is 14.3 Å². The lowest BCUT2D eigenvalue weighted by Crippen LogP contribution is -2.33. The highest BCUT2D eigenvalue weighted by molar-refractivity contribution is 5.91. The quantitative estimate of drug-likeness (QED) is 0.700. The molecular weight excluding hydrogens is 246 g/mol. The van der Waals surface area contributed by atoms with E-state index in [1.807, 2.05) is 26.1 Å². The first-order valence-electron chi connectivity index (χ1n) is 5.95. The number of anilines is 1. The molecule has 0 aliphatic carbocycles. The van der Waals surface area contributed by atoms with Crippen LogP contribution in [0.25, 0.3) is 0 Å². The number of rotatable bonds is 5. The molecule has 0 heterocycles. The van der Waals surface area contributed by atoms with Crippen LogP contribution in [0.5, 0.6) is 0 Å². The zero-order valence-electron chi connectivity index (χ0n) is 11.3. The van der Waals surface area contributed by atoms with Gasteiger partial charge in [-0.3, -0.25) is 4.79 Å². The van der Waals surface area contributed by atoms with Crippen LogP contribution in [0, 0.1) is 0 Å². The smallest absolute Gasteiger partial charge is 0.325 e. The molecule has 1 rings (SSSR count). The predicted molar refractivity (Wildman–Crippen MR) is 73.0 cm³/mol. The fourth-order valence-corrected chi connectivity index (χ4v) is 1.42. The van der Waals surface area contributed by atoms with E-state index >= 15 is 0 Å². The fourth-order valence-electron chi connectivity index (χ4n) is 1.42. The lowest BCUT2D eigenvalue weighted by molar-refractivity contribution is -0.139. The first kappa shape index (κ1) is 15.0. The molecule has 104 valence electrons. The summed E-state index contributed by atoms with van der Waals surface area (Å²) in [6, 6.07) is 7.28. The average molecular weight is 265 g/mol. The summed E-state index contributed by atoms with van der Waals surface area (Å²) in [6.45, 7) is 1.89. The number of carbonyl (C=O) groups excluding carboxylic acids is 2. The van der Waals surface area contributed by atoms with E-state index in [1.165, 1.54) is 7.11 Å². The van der Waals surface area contributed by atoms with E-state index in [1.54, 1.807) is 12.1 Å². The van der Waals surface area contributed by atoms with Crippen molar-refractivity contribution in [3.8, 4) is 0 Å². The van der Waals surface area contributed by atoms with Gasteiger partial charge >= 0.3 is 12.0 Å². The van der Waals surface area contributed by atoms with Gasteiger partial charge in [-0.1, -0.05) is 12.1 Å². The summed E-state index contributed by atoms with van der Waals surface area (Å²) >= 11 is 0. The van der Waals surface area contributed by atoms with Crippen LogP contribution in [0.15, 0.2) is 24.3 Å². The second-order valence-corrected chi connectivity index (χ2v) is 4.02. The maximum atomic E-state index is 11.5. The van der Waals surface area contributed by atoms with Gasteiger partial charge in [-0.25, -0.2) is 4.79 Å². The summed E-state index contributed by atoms with van der Waals surface area (Å²) in [7, 11) is 3.15. The third-order valence-electron chi connectivity index (χ3n) is 2.72. The number of benzene rings is 1. The standard InChI is InChI=1S/C13H19N3O3/c1-9(14-2)10-4-6-11(7-5-10)16-13(18)15-8-12(17)19-3/h4-7,9,14H,8H2,1-3H3,(H2,15,16,18). The number of carbonyl (C=O) groups is 2. The summed E-state index contributed by atoms with van der Waals surface area (Å²) in [5.74, 6) is -0.492. The number of hydrogen-bond donors (Lipinski definition) is 3. The van der Waals surface area contributed by atoms with Crippen LogP contribution >= 0.6 is 0 Å². The van der Waals surface area contributed by atoms with E-state index in [4.69, 9.17) is 0 Å². The number of esters is 1. The summed E-state index contributed by atoms with van der Waals surface area (Å²) < 4.78 is 4.42. The summed E-state index contributed by atoms with van der Waals surface area (Å²) in [4.78, 5) is 22.3. The molecule has 1 aromatic rings. The van der Waals surface area contributed by atoms with Gasteiger partial charge < -0.3 is 20.7 Å². The van der Waals surface area contributed by atoms with Gasteiger partial charge in [0.15, 0.2) is 0 Å². The molecule has 0 saturated carbocycles. The van der Waals surface area contributed by atoms with Gasteiger partial charge in [0.1, 0.15) is 6.54 Å². The van der Waals surface area contributed by atoms with Crippen molar-refractivity contribution in [3.05, 3.63) is 29.8 Å². The zero-order valence-corrected chi connectivity index (χ0v) is 11.3. The average Bonchev–Trinajstić information content (AvgIpc) is 2.44. The maximum absolute atomic E-state index is 11.5. The Hall–Kier alpha value is -2.08. The summed E-state index contributed by atoms with van der Waals surface area (Å²) in [5.41, 5.74) is 1.79. The van der Waals surface area contributed by atoms with E-state index in [0.29, 0.717) is 5.69 Å². The predicted octanol–water partition coefficient (Wildman–Crippen LogP) is 1.26. The Morgan fingerprint density at radius 1 is 1.26 bits per heavy atom. The molecule has 0 radical (unpaired) electrons. The van der Waals surface area contributed by atoms with E-state index in [9.17, 15) is 9.59 Å². The molecular formula is C13H19N3O3. The number of hydrogen-bond acceptors (Lipinski definition) is 4. The normalized spacial score (nSPS) is 11.5.